The van der Waals surface area contributed by atoms with Crippen LogP contribution >= 0.6 is 23.2 Å². The van der Waals surface area contributed by atoms with E-state index in [0.29, 0.717) is 18.6 Å². The quantitative estimate of drug-likeness (QED) is 0.525. The van der Waals surface area contributed by atoms with E-state index in [1.807, 2.05) is 24.3 Å². The Bertz CT molecular complexity index is 675. The Balaban J connectivity index is 2.00. The van der Waals surface area contributed by atoms with Crippen LogP contribution in [0.25, 0.3) is 0 Å². The predicted octanol–water partition coefficient (Wildman–Crippen LogP) is 5.46. The van der Waals surface area contributed by atoms with Crippen molar-refractivity contribution in [3.05, 3.63) is 64.2 Å². The molecular weight excluding hydrogens is 317 g/mol. The van der Waals surface area contributed by atoms with E-state index < -0.39 is 17.0 Å². The molecule has 0 spiro atoms. The van der Waals surface area contributed by atoms with E-state index in [2.05, 4.69) is 0 Å². The van der Waals surface area contributed by atoms with Crippen LogP contribution in [-0.4, -0.2) is 6.61 Å². The van der Waals surface area contributed by atoms with Crippen molar-refractivity contribution in [1.29, 1.82) is 0 Å². The van der Waals surface area contributed by atoms with Gasteiger partial charge in [-0.3, -0.25) is 0 Å². The minimum atomic E-state index is -0.972. The average molecular weight is 329 g/mol. The molecule has 0 amide bonds. The highest BCUT2D eigenvalue weighted by Gasteiger charge is 2.30. The van der Waals surface area contributed by atoms with E-state index in [1.54, 1.807) is 0 Å². The molecule has 0 N–H and O–H groups in total. The maximum Gasteiger partial charge on any atom is 0.160 e. The second-order valence-electron chi connectivity index (χ2n) is 4.97. The third-order valence-electron chi connectivity index (χ3n) is 3.69. The van der Waals surface area contributed by atoms with Gasteiger partial charge in [-0.15, -0.1) is 11.6 Å². The number of para-hydroxylation sites is 1. The fourth-order valence-electron chi connectivity index (χ4n) is 2.64. The van der Waals surface area contributed by atoms with Gasteiger partial charge in [0.15, 0.2) is 11.6 Å². The summed E-state index contributed by atoms with van der Waals surface area (Å²) in [6.45, 7) is 0.534. The number of halogens is 4. The summed E-state index contributed by atoms with van der Waals surface area (Å²) in [6, 6.07) is 9.63. The molecule has 110 valence electrons. The Morgan fingerprint density at radius 1 is 1.14 bits per heavy atom. The fraction of sp³-hybridized carbons (Fsp3) is 0.250. The summed E-state index contributed by atoms with van der Waals surface area (Å²) in [5.74, 6) is -1.20. The highest BCUT2D eigenvalue weighted by molar-refractivity contribution is 6.32. The summed E-state index contributed by atoms with van der Waals surface area (Å²) in [6.07, 6.45) is 0.695. The van der Waals surface area contributed by atoms with Crippen LogP contribution in [0.3, 0.4) is 0 Å². The molecule has 0 saturated carbocycles. The Morgan fingerprint density at radius 2 is 1.86 bits per heavy atom. The molecule has 1 nitrogen and oxygen atoms in total. The van der Waals surface area contributed by atoms with Crippen LogP contribution in [0, 0.1) is 11.6 Å². The molecule has 0 aliphatic carbocycles. The lowest BCUT2D eigenvalue weighted by Gasteiger charge is -2.29. The molecule has 0 radical (unpaired) electrons. The predicted molar refractivity (Wildman–Crippen MR) is 79.3 cm³/mol. The number of alkyl halides is 1. The van der Waals surface area contributed by atoms with Crippen LogP contribution in [0.5, 0.6) is 5.75 Å². The lowest BCUT2D eigenvalue weighted by atomic mass is 9.87. The maximum absolute atomic E-state index is 13.5. The second-order valence-corrected chi connectivity index (χ2v) is 5.85. The zero-order chi connectivity index (χ0) is 15.0. The minimum Gasteiger partial charge on any atom is -0.493 e. The molecule has 2 aromatic carbocycles. The molecule has 3 rings (SSSR count). The van der Waals surface area contributed by atoms with Gasteiger partial charge in [-0.05, 0) is 35.7 Å². The molecule has 1 heterocycles. The van der Waals surface area contributed by atoms with E-state index in [1.165, 1.54) is 0 Å². The van der Waals surface area contributed by atoms with Crippen LogP contribution in [0.1, 0.15) is 28.8 Å². The Morgan fingerprint density at radius 3 is 2.67 bits per heavy atom. The van der Waals surface area contributed by atoms with E-state index >= 15 is 0 Å². The number of hydrogen-bond donors (Lipinski definition) is 0. The van der Waals surface area contributed by atoms with Gasteiger partial charge in [-0.25, -0.2) is 8.78 Å². The van der Waals surface area contributed by atoms with Crippen molar-refractivity contribution in [2.45, 2.75) is 17.7 Å². The molecule has 0 saturated heterocycles. The molecule has 0 aromatic heterocycles. The SMILES string of the molecule is Fc1cc(Cl)c(C(Cl)C2CCOc3ccccc32)cc1F. The number of benzene rings is 2. The van der Waals surface area contributed by atoms with Crippen LogP contribution in [0.4, 0.5) is 8.78 Å². The van der Waals surface area contributed by atoms with E-state index in [0.717, 1.165) is 23.4 Å². The van der Waals surface area contributed by atoms with Gasteiger partial charge in [0, 0.05) is 10.9 Å². The summed E-state index contributed by atoms with van der Waals surface area (Å²) in [5, 5.41) is -0.407. The molecule has 2 unspecified atom stereocenters. The second kappa shape index (κ2) is 5.82. The third kappa shape index (κ3) is 2.72. The van der Waals surface area contributed by atoms with Crippen molar-refractivity contribution in [3.63, 3.8) is 0 Å². The average Bonchev–Trinajstić information content (AvgIpc) is 2.49. The molecule has 0 fully saturated rings. The molecule has 5 heteroatoms. The molecule has 1 aliphatic rings. The lowest BCUT2D eigenvalue weighted by molar-refractivity contribution is 0.265. The monoisotopic (exact) mass is 328 g/mol. The highest BCUT2D eigenvalue weighted by Crippen LogP contribution is 2.46. The maximum atomic E-state index is 13.5. The van der Waals surface area contributed by atoms with Gasteiger partial charge in [0.25, 0.3) is 0 Å². The molecule has 0 bridgehead atoms. The number of rotatable bonds is 2. The summed E-state index contributed by atoms with van der Waals surface area (Å²) in [5.41, 5.74) is 1.36. The molecule has 2 aromatic rings. The van der Waals surface area contributed by atoms with Gasteiger partial charge in [0.1, 0.15) is 5.75 Å². The van der Waals surface area contributed by atoms with Crippen LogP contribution in [0.15, 0.2) is 36.4 Å². The number of hydrogen-bond acceptors (Lipinski definition) is 1. The van der Waals surface area contributed by atoms with Gasteiger partial charge in [0.2, 0.25) is 0 Å². The smallest absolute Gasteiger partial charge is 0.160 e. The largest absolute Gasteiger partial charge is 0.493 e. The van der Waals surface area contributed by atoms with Crippen molar-refractivity contribution in [2.24, 2.45) is 0 Å². The molecule has 2 atom stereocenters. The Kier molecular flexibility index (Phi) is 4.05. The van der Waals surface area contributed by atoms with E-state index in [4.69, 9.17) is 27.9 Å². The van der Waals surface area contributed by atoms with Crippen molar-refractivity contribution >= 4 is 23.2 Å². The molecular formula is C16H12Cl2F2O. The fourth-order valence-corrected chi connectivity index (χ4v) is 3.41. The number of fused-ring (bicyclic) bond motifs is 1. The van der Waals surface area contributed by atoms with Crippen LogP contribution in [-0.2, 0) is 0 Å². The number of ether oxygens (including phenoxy) is 1. The van der Waals surface area contributed by atoms with Crippen LogP contribution < -0.4 is 4.74 Å². The van der Waals surface area contributed by atoms with Gasteiger partial charge in [-0.2, -0.15) is 0 Å². The summed E-state index contributed by atoms with van der Waals surface area (Å²) >= 11 is 12.5. The van der Waals surface area contributed by atoms with Gasteiger partial charge in [0.05, 0.1) is 12.0 Å². The topological polar surface area (TPSA) is 9.23 Å². The van der Waals surface area contributed by atoms with Crippen molar-refractivity contribution in [1.82, 2.24) is 0 Å². The van der Waals surface area contributed by atoms with Gasteiger partial charge < -0.3 is 4.74 Å². The standard InChI is InChI=1S/C16H12Cl2F2O/c17-12-8-14(20)13(19)7-11(12)16(18)10-5-6-21-15-4-2-1-3-9(10)15/h1-4,7-8,10,16H,5-6H2. The van der Waals surface area contributed by atoms with Crippen molar-refractivity contribution < 1.29 is 13.5 Å². The van der Waals surface area contributed by atoms with E-state index in [9.17, 15) is 8.78 Å². The van der Waals surface area contributed by atoms with Crippen molar-refractivity contribution in [2.75, 3.05) is 6.61 Å². The first-order valence-electron chi connectivity index (χ1n) is 6.58. The summed E-state index contributed by atoms with van der Waals surface area (Å²) in [7, 11) is 0. The Hall–Kier alpha value is -1.32. The lowest BCUT2D eigenvalue weighted by Crippen LogP contribution is -2.18. The first-order valence-corrected chi connectivity index (χ1v) is 7.39. The highest BCUT2D eigenvalue weighted by atomic mass is 35.5. The molecule has 1 aliphatic heterocycles. The minimum absolute atomic E-state index is 0.0565. The summed E-state index contributed by atoms with van der Waals surface area (Å²) in [4.78, 5) is 0. The zero-order valence-corrected chi connectivity index (χ0v) is 12.5. The van der Waals surface area contributed by atoms with Gasteiger partial charge in [-0.1, -0.05) is 29.8 Å². The van der Waals surface area contributed by atoms with Crippen LogP contribution in [0.2, 0.25) is 5.02 Å². The van der Waals surface area contributed by atoms with E-state index in [-0.39, 0.29) is 10.9 Å². The summed E-state index contributed by atoms with van der Waals surface area (Å²) < 4.78 is 32.2. The molecule has 21 heavy (non-hydrogen) atoms. The zero-order valence-electron chi connectivity index (χ0n) is 11.0. The Labute approximate surface area is 131 Å². The first kappa shape index (κ1) is 14.6. The normalized spacial score (nSPS) is 18.8. The third-order valence-corrected chi connectivity index (χ3v) is 4.56. The van der Waals surface area contributed by atoms with Gasteiger partial charge >= 0.3 is 0 Å². The first-order chi connectivity index (χ1) is 10.1. The van der Waals surface area contributed by atoms with Crippen molar-refractivity contribution in [3.8, 4) is 5.75 Å².